The summed E-state index contributed by atoms with van der Waals surface area (Å²) < 4.78 is 27.2. The maximum Gasteiger partial charge on any atom is 0.271 e. The van der Waals surface area contributed by atoms with E-state index in [1.165, 1.54) is 25.5 Å². The van der Waals surface area contributed by atoms with Gasteiger partial charge in [-0.2, -0.15) is 5.10 Å². The van der Waals surface area contributed by atoms with Gasteiger partial charge in [0.05, 0.1) is 13.3 Å². The maximum atomic E-state index is 13.1. The third-order valence-electron chi connectivity index (χ3n) is 5.62. The molecule has 1 aromatic heterocycles. The lowest BCUT2D eigenvalue weighted by atomic mass is 10.2. The Labute approximate surface area is 217 Å². The van der Waals surface area contributed by atoms with Gasteiger partial charge in [-0.15, -0.1) is 0 Å². The molecule has 0 aliphatic carbocycles. The van der Waals surface area contributed by atoms with Gasteiger partial charge in [0.2, 0.25) is 0 Å². The number of carbonyl (C=O) groups is 1. The number of benzene rings is 3. The van der Waals surface area contributed by atoms with Crippen LogP contribution in [0.1, 0.15) is 32.9 Å². The Bertz CT molecular complexity index is 1380. The lowest BCUT2D eigenvalue weighted by molar-refractivity contribution is 0.0955. The molecule has 1 heterocycles. The molecule has 8 heteroatoms. The Balaban J connectivity index is 1.41. The van der Waals surface area contributed by atoms with Crippen LogP contribution in [-0.2, 0) is 6.61 Å². The van der Waals surface area contributed by atoms with Gasteiger partial charge in [-0.05, 0) is 96.0 Å². The molecule has 0 aliphatic rings. The highest BCUT2D eigenvalue weighted by atomic mass is 79.9. The number of nitrogens with zero attached hydrogens (tertiary/aromatic N) is 2. The Morgan fingerprint density at radius 2 is 1.67 bits per heavy atom. The van der Waals surface area contributed by atoms with Crippen LogP contribution in [0.5, 0.6) is 11.5 Å². The third-order valence-corrected chi connectivity index (χ3v) is 6.31. The highest BCUT2D eigenvalue weighted by Crippen LogP contribution is 2.33. The highest BCUT2D eigenvalue weighted by Gasteiger charge is 2.11. The molecule has 4 rings (SSSR count). The summed E-state index contributed by atoms with van der Waals surface area (Å²) in [5.41, 5.74) is 7.82. The van der Waals surface area contributed by atoms with E-state index >= 15 is 0 Å². The fourth-order valence-electron chi connectivity index (χ4n) is 3.73. The molecule has 184 valence electrons. The molecule has 0 saturated carbocycles. The number of carbonyl (C=O) groups excluding carboxylic acids is 1. The fourth-order valence-corrected chi connectivity index (χ4v) is 4.15. The van der Waals surface area contributed by atoms with Gasteiger partial charge in [-0.25, -0.2) is 9.82 Å². The van der Waals surface area contributed by atoms with Crippen molar-refractivity contribution >= 4 is 28.1 Å². The number of ether oxygens (including phenoxy) is 2. The van der Waals surface area contributed by atoms with Crippen LogP contribution in [0, 0.1) is 19.7 Å². The zero-order chi connectivity index (χ0) is 25.7. The van der Waals surface area contributed by atoms with E-state index in [4.69, 9.17) is 9.47 Å². The fraction of sp³-hybridized carbons (Fsp3) is 0.143. The first kappa shape index (κ1) is 25.2. The first-order valence-corrected chi connectivity index (χ1v) is 12.0. The third kappa shape index (κ3) is 5.83. The van der Waals surface area contributed by atoms with Crippen molar-refractivity contribution in [3.63, 3.8) is 0 Å². The van der Waals surface area contributed by atoms with E-state index in [1.54, 1.807) is 36.4 Å². The normalized spacial score (nSPS) is 11.0. The first-order chi connectivity index (χ1) is 17.4. The van der Waals surface area contributed by atoms with Crippen molar-refractivity contribution in [2.45, 2.75) is 20.5 Å². The van der Waals surface area contributed by atoms with Crippen molar-refractivity contribution < 1.29 is 18.7 Å². The summed E-state index contributed by atoms with van der Waals surface area (Å²) in [5, 5.41) is 4.09. The molecule has 1 amide bonds. The molecule has 0 aliphatic heterocycles. The molecule has 0 radical (unpaired) electrons. The quantitative estimate of drug-likeness (QED) is 0.206. The van der Waals surface area contributed by atoms with E-state index in [9.17, 15) is 9.18 Å². The van der Waals surface area contributed by atoms with Gasteiger partial charge in [0.15, 0.2) is 11.5 Å². The average molecular weight is 550 g/mol. The van der Waals surface area contributed by atoms with Crippen molar-refractivity contribution in [1.29, 1.82) is 0 Å². The maximum absolute atomic E-state index is 13.1. The smallest absolute Gasteiger partial charge is 0.271 e. The van der Waals surface area contributed by atoms with Crippen LogP contribution in [-0.4, -0.2) is 23.8 Å². The van der Waals surface area contributed by atoms with Gasteiger partial charge in [-0.3, -0.25) is 4.79 Å². The number of aromatic nitrogens is 1. The van der Waals surface area contributed by atoms with Crippen LogP contribution in [0.25, 0.3) is 5.69 Å². The van der Waals surface area contributed by atoms with Crippen LogP contribution < -0.4 is 14.9 Å². The zero-order valence-electron chi connectivity index (χ0n) is 20.1. The second kappa shape index (κ2) is 11.2. The van der Waals surface area contributed by atoms with Gasteiger partial charge in [0, 0.05) is 32.7 Å². The molecule has 3 aromatic carbocycles. The summed E-state index contributed by atoms with van der Waals surface area (Å²) in [6.07, 6.45) is 1.52. The second-order valence-corrected chi connectivity index (χ2v) is 8.99. The Kier molecular flexibility index (Phi) is 7.85. The summed E-state index contributed by atoms with van der Waals surface area (Å²) in [4.78, 5) is 12.6. The standard InChI is InChI=1S/C28H25BrFN3O3/c1-18-4-5-19(2)33(18)24-12-8-21(9-13-24)28(34)32-31-16-22-14-26(35-3)27(15-25(22)29)36-17-20-6-10-23(30)11-7-20/h4-16H,17H2,1-3H3,(H,32,34)/b31-16+. The predicted molar refractivity (Wildman–Crippen MR) is 142 cm³/mol. The topological polar surface area (TPSA) is 64.8 Å². The van der Waals surface area contributed by atoms with Crippen LogP contribution in [0.4, 0.5) is 4.39 Å². The van der Waals surface area contributed by atoms with Crippen molar-refractivity contribution in [1.82, 2.24) is 9.99 Å². The van der Waals surface area contributed by atoms with E-state index in [1.807, 2.05) is 26.0 Å². The summed E-state index contributed by atoms with van der Waals surface area (Å²) in [7, 11) is 1.54. The minimum atomic E-state index is -0.318. The largest absolute Gasteiger partial charge is 0.493 e. The van der Waals surface area contributed by atoms with Crippen molar-refractivity contribution in [2.24, 2.45) is 5.10 Å². The molecule has 4 aromatic rings. The molecule has 1 N–H and O–H groups in total. The Morgan fingerprint density at radius 3 is 2.31 bits per heavy atom. The number of amides is 1. The van der Waals surface area contributed by atoms with E-state index in [-0.39, 0.29) is 18.3 Å². The molecule has 0 saturated heterocycles. The van der Waals surface area contributed by atoms with E-state index in [0.717, 1.165) is 22.6 Å². The molecule has 6 nitrogen and oxygen atoms in total. The Morgan fingerprint density at radius 1 is 1.00 bits per heavy atom. The molecular weight excluding hydrogens is 525 g/mol. The number of rotatable bonds is 8. The highest BCUT2D eigenvalue weighted by molar-refractivity contribution is 9.10. The van der Waals surface area contributed by atoms with Gasteiger partial charge < -0.3 is 14.0 Å². The van der Waals surface area contributed by atoms with Gasteiger partial charge in [0.1, 0.15) is 12.4 Å². The lowest BCUT2D eigenvalue weighted by Gasteiger charge is -2.13. The molecular formula is C28H25BrFN3O3. The van der Waals surface area contributed by atoms with Crippen molar-refractivity contribution in [3.05, 3.63) is 111 Å². The molecule has 0 bridgehead atoms. The summed E-state index contributed by atoms with van der Waals surface area (Å²) in [6.45, 7) is 4.34. The molecule has 0 atom stereocenters. The second-order valence-electron chi connectivity index (χ2n) is 8.14. The first-order valence-electron chi connectivity index (χ1n) is 11.2. The number of hydrogen-bond donors (Lipinski definition) is 1. The average Bonchev–Trinajstić information content (AvgIpc) is 3.22. The number of methoxy groups -OCH3 is 1. The molecule has 0 spiro atoms. The van der Waals surface area contributed by atoms with E-state index < -0.39 is 0 Å². The molecule has 36 heavy (non-hydrogen) atoms. The lowest BCUT2D eigenvalue weighted by Crippen LogP contribution is -2.17. The molecule has 0 unspecified atom stereocenters. The number of hydrogen-bond acceptors (Lipinski definition) is 4. The van der Waals surface area contributed by atoms with Crippen LogP contribution in [0.15, 0.2) is 82.4 Å². The SMILES string of the molecule is COc1cc(/C=N/NC(=O)c2ccc(-n3c(C)ccc3C)cc2)c(Br)cc1OCc1ccc(F)cc1. The monoisotopic (exact) mass is 549 g/mol. The van der Waals surface area contributed by atoms with Crippen LogP contribution in [0.2, 0.25) is 0 Å². The van der Waals surface area contributed by atoms with E-state index in [2.05, 4.69) is 43.2 Å². The predicted octanol–water partition coefficient (Wildman–Crippen LogP) is 6.35. The summed E-state index contributed by atoms with van der Waals surface area (Å²) >= 11 is 3.51. The van der Waals surface area contributed by atoms with Crippen molar-refractivity contribution in [3.8, 4) is 17.2 Å². The van der Waals surface area contributed by atoms with Gasteiger partial charge >= 0.3 is 0 Å². The van der Waals surface area contributed by atoms with Crippen molar-refractivity contribution in [2.75, 3.05) is 7.11 Å². The number of nitrogens with one attached hydrogen (secondary N) is 1. The van der Waals surface area contributed by atoms with Crippen LogP contribution in [0.3, 0.4) is 0 Å². The number of aryl methyl sites for hydroxylation is 2. The van der Waals surface area contributed by atoms with Crippen LogP contribution >= 0.6 is 15.9 Å². The zero-order valence-corrected chi connectivity index (χ0v) is 21.7. The number of hydrazone groups is 1. The molecule has 0 fully saturated rings. The van der Waals surface area contributed by atoms with Gasteiger partial charge in [-0.1, -0.05) is 12.1 Å². The van der Waals surface area contributed by atoms with E-state index in [0.29, 0.717) is 27.1 Å². The Hall–Kier alpha value is -3.91. The van der Waals surface area contributed by atoms with Gasteiger partial charge in [0.25, 0.3) is 5.91 Å². The summed E-state index contributed by atoms with van der Waals surface area (Å²) in [6, 6.07) is 21.1. The minimum absolute atomic E-state index is 0.259. The minimum Gasteiger partial charge on any atom is -0.493 e. The number of halogens is 2. The summed E-state index contributed by atoms with van der Waals surface area (Å²) in [5.74, 6) is 0.400.